The summed E-state index contributed by atoms with van der Waals surface area (Å²) in [6, 6.07) is 14.0. The lowest BCUT2D eigenvalue weighted by Gasteiger charge is -2.15. The van der Waals surface area contributed by atoms with Crippen molar-refractivity contribution < 1.29 is 14.6 Å². The van der Waals surface area contributed by atoms with E-state index in [0.29, 0.717) is 38.1 Å². The van der Waals surface area contributed by atoms with Gasteiger partial charge < -0.3 is 25.2 Å². The van der Waals surface area contributed by atoms with E-state index in [4.69, 9.17) is 9.47 Å². The second-order valence-electron chi connectivity index (χ2n) is 6.32. The predicted molar refractivity (Wildman–Crippen MR) is 117 cm³/mol. The lowest BCUT2D eigenvalue weighted by molar-refractivity contribution is 0.143. The van der Waals surface area contributed by atoms with Gasteiger partial charge in [-0.15, -0.1) is 11.3 Å². The van der Waals surface area contributed by atoms with Crippen molar-refractivity contribution in [2.75, 3.05) is 33.9 Å². The molecule has 0 radical (unpaired) electrons. The number of guanidine groups is 1. The molecular formula is C21H26N4O3S. The van der Waals surface area contributed by atoms with Crippen molar-refractivity contribution in [2.24, 2.45) is 4.99 Å². The molecule has 2 heterocycles. The van der Waals surface area contributed by atoms with Crippen LogP contribution in [0.1, 0.15) is 16.5 Å². The van der Waals surface area contributed by atoms with Crippen molar-refractivity contribution in [3.05, 3.63) is 59.1 Å². The van der Waals surface area contributed by atoms with Gasteiger partial charge in [-0.2, -0.15) is 0 Å². The number of nitrogens with zero attached hydrogens (tertiary/aromatic N) is 2. The molecule has 3 rings (SSSR count). The van der Waals surface area contributed by atoms with Crippen molar-refractivity contribution in [3.8, 4) is 5.88 Å². The lowest BCUT2D eigenvalue weighted by atomic mass is 10.2. The van der Waals surface area contributed by atoms with Crippen molar-refractivity contribution in [1.82, 2.24) is 15.6 Å². The summed E-state index contributed by atoms with van der Waals surface area (Å²) in [5.41, 5.74) is 0.914. The standard InChI is InChI=1S/C21H26N4O3S/c1-22-21(24-13-16-7-5-9-23-20(16)28-11-10-27-2)25-14-17(26)19-12-15-6-3-4-8-18(15)29-19/h3-9,12,17,26H,10-11,13-14H2,1-2H3,(H2,22,24,25). The van der Waals surface area contributed by atoms with Crippen molar-refractivity contribution >= 4 is 27.4 Å². The topological polar surface area (TPSA) is 88.0 Å². The molecule has 3 aromatic rings. The molecule has 0 saturated heterocycles. The van der Waals surface area contributed by atoms with Gasteiger partial charge in [0.15, 0.2) is 5.96 Å². The van der Waals surface area contributed by atoms with Crippen LogP contribution in [0.2, 0.25) is 0 Å². The summed E-state index contributed by atoms with van der Waals surface area (Å²) in [6.45, 7) is 1.79. The number of pyridine rings is 1. The first kappa shape index (κ1) is 21.0. The molecule has 1 aromatic carbocycles. The molecular weight excluding hydrogens is 388 g/mol. The van der Waals surface area contributed by atoms with Gasteiger partial charge >= 0.3 is 0 Å². The van der Waals surface area contributed by atoms with E-state index in [2.05, 4.69) is 32.7 Å². The molecule has 8 heteroatoms. The first-order chi connectivity index (χ1) is 14.2. The highest BCUT2D eigenvalue weighted by Gasteiger charge is 2.12. The van der Waals surface area contributed by atoms with Crippen LogP contribution < -0.4 is 15.4 Å². The number of methoxy groups -OCH3 is 1. The average molecular weight is 415 g/mol. The molecule has 154 valence electrons. The summed E-state index contributed by atoms with van der Waals surface area (Å²) in [5.74, 6) is 1.16. The van der Waals surface area contributed by atoms with Gasteiger partial charge in [-0.25, -0.2) is 4.98 Å². The van der Waals surface area contributed by atoms with Gasteiger partial charge in [0.25, 0.3) is 0 Å². The normalized spacial score (nSPS) is 12.7. The number of aromatic nitrogens is 1. The quantitative estimate of drug-likeness (QED) is 0.283. The van der Waals surface area contributed by atoms with E-state index in [1.807, 2.05) is 30.3 Å². The molecule has 1 atom stereocenters. The second-order valence-corrected chi connectivity index (χ2v) is 7.43. The molecule has 7 nitrogen and oxygen atoms in total. The molecule has 0 aliphatic heterocycles. The van der Waals surface area contributed by atoms with Crippen molar-refractivity contribution in [1.29, 1.82) is 0 Å². The van der Waals surface area contributed by atoms with Gasteiger partial charge in [0.05, 0.1) is 6.61 Å². The van der Waals surface area contributed by atoms with Crippen LogP contribution in [-0.2, 0) is 11.3 Å². The van der Waals surface area contributed by atoms with E-state index >= 15 is 0 Å². The average Bonchev–Trinajstić information content (AvgIpc) is 3.19. The van der Waals surface area contributed by atoms with E-state index in [0.717, 1.165) is 15.8 Å². The summed E-state index contributed by atoms with van der Waals surface area (Å²) < 4.78 is 11.8. The van der Waals surface area contributed by atoms with Gasteiger partial charge in [-0.3, -0.25) is 4.99 Å². The summed E-state index contributed by atoms with van der Waals surface area (Å²) in [4.78, 5) is 9.42. The molecule has 0 amide bonds. The maximum Gasteiger partial charge on any atom is 0.218 e. The van der Waals surface area contributed by atoms with E-state index in [1.165, 1.54) is 4.70 Å². The first-order valence-electron chi connectivity index (χ1n) is 9.38. The third kappa shape index (κ3) is 5.90. The molecule has 0 fully saturated rings. The fourth-order valence-corrected chi connectivity index (χ4v) is 3.82. The molecule has 0 aliphatic rings. The highest BCUT2D eigenvalue weighted by Crippen LogP contribution is 2.29. The van der Waals surface area contributed by atoms with Crippen molar-refractivity contribution in [2.45, 2.75) is 12.6 Å². The largest absolute Gasteiger partial charge is 0.475 e. The van der Waals surface area contributed by atoms with Crippen LogP contribution in [0.5, 0.6) is 5.88 Å². The number of aliphatic imine (C=N–C) groups is 1. The fraction of sp³-hybridized carbons (Fsp3) is 0.333. The summed E-state index contributed by atoms with van der Waals surface area (Å²) in [5, 5.41) is 18.1. The first-order valence-corrected chi connectivity index (χ1v) is 10.2. The molecule has 0 bridgehead atoms. The molecule has 0 saturated carbocycles. The molecule has 0 spiro atoms. The lowest BCUT2D eigenvalue weighted by Crippen LogP contribution is -2.39. The number of nitrogens with one attached hydrogen (secondary N) is 2. The van der Waals surface area contributed by atoms with Crippen LogP contribution in [0.25, 0.3) is 10.1 Å². The highest BCUT2D eigenvalue weighted by atomic mass is 32.1. The zero-order valence-electron chi connectivity index (χ0n) is 16.6. The summed E-state index contributed by atoms with van der Waals surface area (Å²) in [7, 11) is 3.33. The van der Waals surface area contributed by atoms with Gasteiger partial charge in [-0.05, 0) is 23.6 Å². The minimum Gasteiger partial charge on any atom is -0.475 e. The van der Waals surface area contributed by atoms with Crippen molar-refractivity contribution in [3.63, 3.8) is 0 Å². The Bertz CT molecular complexity index is 911. The Morgan fingerprint density at radius 3 is 2.86 bits per heavy atom. The monoisotopic (exact) mass is 414 g/mol. The predicted octanol–water partition coefficient (Wildman–Crippen LogP) is 2.72. The van der Waals surface area contributed by atoms with Gasteiger partial charge in [-0.1, -0.05) is 24.3 Å². The Morgan fingerprint density at radius 1 is 1.21 bits per heavy atom. The summed E-state index contributed by atoms with van der Waals surface area (Å²) in [6.07, 6.45) is 1.08. The number of fused-ring (bicyclic) bond motifs is 1. The van der Waals surface area contributed by atoms with E-state index in [1.54, 1.807) is 31.7 Å². The smallest absolute Gasteiger partial charge is 0.218 e. The third-order valence-corrected chi connectivity index (χ3v) is 5.50. The van der Waals surface area contributed by atoms with Crippen LogP contribution >= 0.6 is 11.3 Å². The molecule has 29 heavy (non-hydrogen) atoms. The van der Waals surface area contributed by atoms with Crippen LogP contribution in [0, 0.1) is 0 Å². The SMILES string of the molecule is CN=C(NCc1cccnc1OCCOC)NCC(O)c1cc2ccccc2s1. The number of ether oxygens (including phenoxy) is 2. The van der Waals surface area contributed by atoms with E-state index < -0.39 is 6.10 Å². The number of aliphatic hydroxyl groups excluding tert-OH is 1. The molecule has 1 unspecified atom stereocenters. The van der Waals surface area contributed by atoms with E-state index in [9.17, 15) is 5.11 Å². The number of hydrogen-bond donors (Lipinski definition) is 3. The van der Waals surface area contributed by atoms with Gasteiger partial charge in [0.2, 0.25) is 5.88 Å². The fourth-order valence-electron chi connectivity index (χ4n) is 2.77. The highest BCUT2D eigenvalue weighted by molar-refractivity contribution is 7.19. The van der Waals surface area contributed by atoms with Gasteiger partial charge in [0, 0.05) is 48.6 Å². The van der Waals surface area contributed by atoms with Gasteiger partial charge in [0.1, 0.15) is 12.7 Å². The second kappa shape index (κ2) is 10.8. The number of aliphatic hydroxyl groups is 1. The third-order valence-electron chi connectivity index (χ3n) is 4.28. The Morgan fingerprint density at radius 2 is 2.07 bits per heavy atom. The Labute approximate surface area is 174 Å². The Hall–Kier alpha value is -2.68. The van der Waals surface area contributed by atoms with E-state index in [-0.39, 0.29) is 0 Å². The maximum atomic E-state index is 10.5. The number of benzene rings is 1. The molecule has 0 aliphatic carbocycles. The number of rotatable bonds is 9. The number of hydrogen-bond acceptors (Lipinski definition) is 6. The van der Waals surface area contributed by atoms with Crippen LogP contribution in [-0.4, -0.2) is 50.0 Å². The maximum absolute atomic E-state index is 10.5. The Kier molecular flexibility index (Phi) is 7.80. The zero-order chi connectivity index (χ0) is 20.5. The zero-order valence-corrected chi connectivity index (χ0v) is 17.4. The summed E-state index contributed by atoms with van der Waals surface area (Å²) >= 11 is 1.60. The minimum absolute atomic E-state index is 0.358. The van der Waals surface area contributed by atoms with Crippen LogP contribution in [0.3, 0.4) is 0 Å². The van der Waals surface area contributed by atoms with Crippen LogP contribution in [0.15, 0.2) is 53.7 Å². The Balaban J connectivity index is 1.53. The number of thiophene rings is 1. The molecule has 2 aromatic heterocycles. The minimum atomic E-state index is -0.614. The van der Waals surface area contributed by atoms with Crippen LogP contribution in [0.4, 0.5) is 0 Å². The molecule has 3 N–H and O–H groups in total.